The molecule has 0 saturated heterocycles. The first-order valence-electron chi connectivity index (χ1n) is 33.1. The van der Waals surface area contributed by atoms with Gasteiger partial charge in [-0.2, -0.15) is 0 Å². The topological polar surface area (TPSA) is 108 Å². The molecule has 0 radical (unpaired) electrons. The van der Waals surface area contributed by atoms with Crippen molar-refractivity contribution < 1.29 is 42.9 Å². The number of hydrogen-bond acceptors (Lipinski definition) is 7. The van der Waals surface area contributed by atoms with Crippen LogP contribution in [0, 0.1) is 0 Å². The highest BCUT2D eigenvalue weighted by atomic mass is 16.7. The first kappa shape index (κ1) is 77.0. The Morgan fingerprint density at radius 3 is 1.05 bits per heavy atom. The fourth-order valence-corrected chi connectivity index (χ4v) is 8.97. The number of nitrogens with zero attached hydrogens (tertiary/aromatic N) is 1. The first-order valence-corrected chi connectivity index (χ1v) is 33.1. The lowest BCUT2D eigenvalue weighted by Gasteiger charge is -2.25. The molecule has 0 aromatic heterocycles. The van der Waals surface area contributed by atoms with Gasteiger partial charge in [0.1, 0.15) is 13.2 Å². The molecular formula is C72H124NO8+. The second-order valence-corrected chi connectivity index (χ2v) is 23.0. The molecule has 0 amide bonds. The maximum Gasteiger partial charge on any atom is 0.361 e. The predicted octanol–water partition coefficient (Wildman–Crippen LogP) is 20.2. The molecule has 1 N–H and O–H groups in total. The van der Waals surface area contributed by atoms with Gasteiger partial charge in [0.25, 0.3) is 6.29 Å². The molecule has 0 aromatic rings. The van der Waals surface area contributed by atoms with E-state index in [9.17, 15) is 19.5 Å². The molecule has 2 atom stereocenters. The number of esters is 2. The van der Waals surface area contributed by atoms with Gasteiger partial charge in [0.2, 0.25) is 0 Å². The van der Waals surface area contributed by atoms with Gasteiger partial charge in [-0.05, 0) is 103 Å². The summed E-state index contributed by atoms with van der Waals surface area (Å²) in [6.45, 7) is 4.75. The molecule has 464 valence electrons. The third kappa shape index (κ3) is 63.4. The fourth-order valence-electron chi connectivity index (χ4n) is 8.97. The SMILES string of the molecule is CC/C=C\C/C=C\C/C=C\C/C=C\C/C=C\C/C=C\CCCCCCCCCCCCCCCCCCC(=O)OC(COC(=O)CCCCCCCC/C=C\C/C=C\C/C=C\CCCCCCC)COC(OCC[N+](C)(C)C)C(=O)O. The number of hydrogen-bond donors (Lipinski definition) is 1. The molecule has 9 heteroatoms. The largest absolute Gasteiger partial charge is 0.477 e. The Bertz CT molecular complexity index is 1700. The van der Waals surface area contributed by atoms with E-state index in [1.807, 2.05) is 21.1 Å². The quantitative estimate of drug-likeness (QED) is 0.0211. The molecule has 0 rings (SSSR count). The van der Waals surface area contributed by atoms with E-state index < -0.39 is 24.3 Å². The van der Waals surface area contributed by atoms with Gasteiger partial charge in [-0.15, -0.1) is 0 Å². The van der Waals surface area contributed by atoms with E-state index in [-0.39, 0.29) is 38.6 Å². The zero-order valence-electron chi connectivity index (χ0n) is 52.9. The van der Waals surface area contributed by atoms with Crippen molar-refractivity contribution in [3.63, 3.8) is 0 Å². The summed E-state index contributed by atoms with van der Waals surface area (Å²) in [5.74, 6) is -2.02. The Balaban J connectivity index is 4.15. The summed E-state index contributed by atoms with van der Waals surface area (Å²) in [5, 5.41) is 9.73. The van der Waals surface area contributed by atoms with E-state index in [4.69, 9.17) is 18.9 Å². The van der Waals surface area contributed by atoms with Crippen molar-refractivity contribution in [2.75, 3.05) is 47.5 Å². The summed E-state index contributed by atoms with van der Waals surface area (Å²) in [6.07, 6.45) is 83.3. The van der Waals surface area contributed by atoms with Gasteiger partial charge in [0.05, 0.1) is 34.4 Å². The van der Waals surface area contributed by atoms with Gasteiger partial charge in [0.15, 0.2) is 6.10 Å². The molecule has 0 fully saturated rings. The summed E-state index contributed by atoms with van der Waals surface area (Å²) in [5.41, 5.74) is 0. The number of allylic oxidation sites excluding steroid dienone is 18. The minimum absolute atomic E-state index is 0.182. The third-order valence-corrected chi connectivity index (χ3v) is 14.0. The normalized spacial score (nSPS) is 13.4. The number of carbonyl (C=O) groups is 3. The van der Waals surface area contributed by atoms with Crippen molar-refractivity contribution in [1.82, 2.24) is 0 Å². The molecule has 0 aromatic carbocycles. The van der Waals surface area contributed by atoms with Crippen molar-refractivity contribution in [2.24, 2.45) is 0 Å². The smallest absolute Gasteiger partial charge is 0.361 e. The van der Waals surface area contributed by atoms with Crippen LogP contribution in [0.3, 0.4) is 0 Å². The van der Waals surface area contributed by atoms with Crippen molar-refractivity contribution in [1.29, 1.82) is 0 Å². The van der Waals surface area contributed by atoms with E-state index in [2.05, 4.69) is 123 Å². The van der Waals surface area contributed by atoms with Crippen LogP contribution in [-0.2, 0) is 33.3 Å². The average Bonchev–Trinajstić information content (AvgIpc) is 3.44. The van der Waals surface area contributed by atoms with Crippen LogP contribution in [0.4, 0.5) is 0 Å². The Morgan fingerprint density at radius 1 is 0.383 bits per heavy atom. The number of aliphatic carboxylic acids is 1. The van der Waals surface area contributed by atoms with Crippen LogP contribution in [-0.4, -0.2) is 87.4 Å². The van der Waals surface area contributed by atoms with Crippen LogP contribution in [0.25, 0.3) is 0 Å². The van der Waals surface area contributed by atoms with Gasteiger partial charge in [0, 0.05) is 12.8 Å². The Labute approximate surface area is 498 Å². The zero-order valence-corrected chi connectivity index (χ0v) is 52.9. The molecular weight excluding hydrogens is 1010 g/mol. The van der Waals surface area contributed by atoms with E-state index in [0.717, 1.165) is 96.3 Å². The Kier molecular flexibility index (Phi) is 58.9. The minimum Gasteiger partial charge on any atom is -0.477 e. The molecule has 0 heterocycles. The number of likely N-dealkylation sites (N-methyl/N-ethyl adjacent to an activating group) is 1. The average molecular weight is 1130 g/mol. The molecule has 0 aliphatic carbocycles. The summed E-state index contributed by atoms with van der Waals surface area (Å²) >= 11 is 0. The van der Waals surface area contributed by atoms with E-state index >= 15 is 0 Å². The van der Waals surface area contributed by atoms with Gasteiger partial charge in [-0.1, -0.05) is 264 Å². The maximum absolute atomic E-state index is 12.9. The third-order valence-electron chi connectivity index (χ3n) is 14.0. The number of unbranched alkanes of at least 4 members (excludes halogenated alkanes) is 27. The monoisotopic (exact) mass is 1130 g/mol. The number of rotatable bonds is 60. The molecule has 0 bridgehead atoms. The Morgan fingerprint density at radius 2 is 0.704 bits per heavy atom. The lowest BCUT2D eigenvalue weighted by molar-refractivity contribution is -0.870. The Hall–Kier alpha value is -4.05. The number of carboxylic acids is 1. The van der Waals surface area contributed by atoms with Gasteiger partial charge in [-0.3, -0.25) is 9.59 Å². The van der Waals surface area contributed by atoms with Crippen LogP contribution < -0.4 is 0 Å². The number of carboxylic acid groups (broad SMARTS) is 1. The predicted molar refractivity (Wildman–Crippen MR) is 345 cm³/mol. The molecule has 81 heavy (non-hydrogen) atoms. The summed E-state index contributed by atoms with van der Waals surface area (Å²) in [4.78, 5) is 37.5. The van der Waals surface area contributed by atoms with Crippen LogP contribution in [0.1, 0.15) is 271 Å². The minimum atomic E-state index is -1.52. The van der Waals surface area contributed by atoms with E-state index in [0.29, 0.717) is 17.4 Å². The molecule has 0 aliphatic rings. The van der Waals surface area contributed by atoms with Crippen molar-refractivity contribution in [3.8, 4) is 0 Å². The highest BCUT2D eigenvalue weighted by molar-refractivity contribution is 5.71. The number of quaternary nitrogens is 1. The van der Waals surface area contributed by atoms with Gasteiger partial charge in [-0.25, -0.2) is 4.79 Å². The van der Waals surface area contributed by atoms with Crippen molar-refractivity contribution in [3.05, 3.63) is 109 Å². The molecule has 0 aliphatic heterocycles. The van der Waals surface area contributed by atoms with Gasteiger partial charge < -0.3 is 28.5 Å². The van der Waals surface area contributed by atoms with Crippen molar-refractivity contribution >= 4 is 17.9 Å². The van der Waals surface area contributed by atoms with Crippen LogP contribution in [0.15, 0.2) is 109 Å². The summed E-state index contributed by atoms with van der Waals surface area (Å²) < 4.78 is 22.9. The molecule has 2 unspecified atom stereocenters. The zero-order chi connectivity index (χ0) is 59.1. The van der Waals surface area contributed by atoms with Crippen LogP contribution >= 0.6 is 0 Å². The summed E-state index contributed by atoms with van der Waals surface area (Å²) in [7, 11) is 5.97. The summed E-state index contributed by atoms with van der Waals surface area (Å²) in [6, 6.07) is 0. The fraction of sp³-hybridized carbons (Fsp3) is 0.708. The van der Waals surface area contributed by atoms with Gasteiger partial charge >= 0.3 is 17.9 Å². The van der Waals surface area contributed by atoms with Crippen LogP contribution in [0.5, 0.6) is 0 Å². The second kappa shape index (κ2) is 62.0. The molecule has 0 spiro atoms. The highest BCUT2D eigenvalue weighted by Crippen LogP contribution is 2.16. The van der Waals surface area contributed by atoms with E-state index in [1.165, 1.54) is 141 Å². The lowest BCUT2D eigenvalue weighted by Crippen LogP contribution is -2.40. The maximum atomic E-state index is 12.9. The standard InChI is InChI=1S/C72H123NO8/c1-6-8-10-12-14-16-18-20-22-24-26-28-29-30-31-32-33-34-35-36-37-38-39-40-41-43-45-47-49-51-53-55-57-59-61-63-70(75)81-68(67-80-72(71(76)77)78-65-64-73(3,4)5)66-79-69(74)62-60-58-56-54-52-50-48-46-44-42-27-25-23-21-19-17-15-13-11-9-7-2/h8,10,14,16,19-22,25-28,30-31,33-34,44,46,68,72H,6-7,9,11-13,15,17-18,23-24,29,32,35-43,45,47-67H2,1-5H3/p+1/b10-8-,16-14-,21-19-,22-20-,27-25-,28-26-,31-30-,34-33-,46-44-. The number of carbonyl (C=O) groups excluding carboxylic acids is 2. The number of ether oxygens (including phenoxy) is 4. The van der Waals surface area contributed by atoms with E-state index in [1.54, 1.807) is 0 Å². The molecule has 0 saturated carbocycles. The van der Waals surface area contributed by atoms with Crippen LogP contribution in [0.2, 0.25) is 0 Å². The highest BCUT2D eigenvalue weighted by Gasteiger charge is 2.25. The molecule has 9 nitrogen and oxygen atoms in total. The lowest BCUT2D eigenvalue weighted by atomic mass is 10.0. The first-order chi connectivity index (χ1) is 39.6. The van der Waals surface area contributed by atoms with Crippen molar-refractivity contribution in [2.45, 2.75) is 283 Å². The second-order valence-electron chi connectivity index (χ2n) is 23.0.